The Morgan fingerprint density at radius 2 is 2.00 bits per heavy atom. The molecule has 4 rings (SSSR count). The van der Waals surface area contributed by atoms with Crippen LogP contribution in [-0.2, 0) is 9.53 Å². The van der Waals surface area contributed by atoms with E-state index in [1.165, 1.54) is 0 Å². The molecule has 9 nitrogen and oxygen atoms in total. The van der Waals surface area contributed by atoms with Gasteiger partial charge in [-0.1, -0.05) is 13.8 Å². The van der Waals surface area contributed by atoms with E-state index in [4.69, 9.17) is 15.5 Å². The first kappa shape index (κ1) is 27.9. The third-order valence-corrected chi connectivity index (χ3v) is 8.78. The van der Waals surface area contributed by atoms with Crippen molar-refractivity contribution in [1.29, 1.82) is 0 Å². The quantitative estimate of drug-likeness (QED) is 0.501. The van der Waals surface area contributed by atoms with Crippen LogP contribution in [0, 0.1) is 11.8 Å². The molecule has 10 heteroatoms. The molecule has 0 aromatic rings. The summed E-state index contributed by atoms with van der Waals surface area (Å²) in [5.41, 5.74) is 7.53. The van der Waals surface area contributed by atoms with E-state index in [-0.39, 0.29) is 30.0 Å². The Balaban J connectivity index is 1.49. The highest BCUT2D eigenvalue weighted by molar-refractivity contribution is 5.87. The number of hydrogen-bond acceptors (Lipinski definition) is 8. The van der Waals surface area contributed by atoms with E-state index in [0.717, 1.165) is 64.6 Å². The molecular weight excluding hydrogens is 461 g/mol. The van der Waals surface area contributed by atoms with Crippen LogP contribution in [-0.4, -0.2) is 129 Å². The molecule has 1 amide bonds. The van der Waals surface area contributed by atoms with Crippen LogP contribution < -0.4 is 16.4 Å². The number of alkyl halides is 1. The van der Waals surface area contributed by atoms with E-state index in [2.05, 4.69) is 34.3 Å². The van der Waals surface area contributed by atoms with Crippen LogP contribution in [0.1, 0.15) is 40.0 Å². The number of fused-ring (bicyclic) bond motifs is 1. The molecule has 4 heterocycles. The number of piperazine rings is 1. The number of hydrogen-bond donors (Lipinski definition) is 3. The van der Waals surface area contributed by atoms with Crippen molar-refractivity contribution in [2.24, 2.45) is 22.6 Å². The van der Waals surface area contributed by atoms with E-state index < -0.39 is 18.3 Å². The lowest BCUT2D eigenvalue weighted by Crippen LogP contribution is -2.67. The van der Waals surface area contributed by atoms with Gasteiger partial charge in [-0.05, 0) is 45.7 Å². The maximum Gasteiger partial charge on any atom is 0.228 e. The Morgan fingerprint density at radius 3 is 2.78 bits per heavy atom. The minimum absolute atomic E-state index is 0.00936. The maximum absolute atomic E-state index is 14.7. The fourth-order valence-electron chi connectivity index (χ4n) is 6.36. The van der Waals surface area contributed by atoms with Gasteiger partial charge < -0.3 is 21.1 Å². The van der Waals surface area contributed by atoms with Gasteiger partial charge in [-0.2, -0.15) is 0 Å². The van der Waals surface area contributed by atoms with Crippen molar-refractivity contribution in [2.75, 3.05) is 66.1 Å². The summed E-state index contributed by atoms with van der Waals surface area (Å²) < 4.78 is 20.5. The molecule has 3 fully saturated rings. The lowest BCUT2D eigenvalue weighted by atomic mass is 9.91. The minimum Gasteiger partial charge on any atom is -0.378 e. The fourth-order valence-corrected chi connectivity index (χ4v) is 6.36. The molecule has 36 heavy (non-hydrogen) atoms. The summed E-state index contributed by atoms with van der Waals surface area (Å²) in [6.07, 6.45) is 0.396. The maximum atomic E-state index is 14.7. The second-order valence-corrected chi connectivity index (χ2v) is 11.5. The smallest absolute Gasteiger partial charge is 0.228 e. The molecule has 0 aromatic heterocycles. The molecule has 0 radical (unpaired) electrons. The van der Waals surface area contributed by atoms with Crippen molar-refractivity contribution in [1.82, 2.24) is 25.3 Å². The largest absolute Gasteiger partial charge is 0.378 e. The fraction of sp³-hybridized carbons (Fsp3) is 0.923. The number of carbonyl (C=O) groups is 1. The number of aliphatic imine (C=N–C) groups is 1. The lowest BCUT2D eigenvalue weighted by molar-refractivity contribution is -0.129. The number of carbonyl (C=O) groups excluding carboxylic acids is 1. The van der Waals surface area contributed by atoms with Crippen molar-refractivity contribution in [3.63, 3.8) is 0 Å². The Labute approximate surface area is 216 Å². The van der Waals surface area contributed by atoms with Gasteiger partial charge in [0.2, 0.25) is 5.91 Å². The molecule has 7 unspecified atom stereocenters. The van der Waals surface area contributed by atoms with Gasteiger partial charge >= 0.3 is 0 Å². The average molecular weight is 510 g/mol. The Bertz CT molecular complexity index is 769. The zero-order valence-electron chi connectivity index (χ0n) is 22.7. The van der Waals surface area contributed by atoms with Crippen LogP contribution >= 0.6 is 0 Å². The predicted octanol–water partition coefficient (Wildman–Crippen LogP) is 0.300. The van der Waals surface area contributed by atoms with Crippen LogP contribution in [0.5, 0.6) is 0 Å². The number of rotatable bonds is 4. The number of nitrogens with two attached hydrogens (primary N) is 1. The third-order valence-electron chi connectivity index (χ3n) is 8.78. The highest BCUT2D eigenvalue weighted by Gasteiger charge is 2.40. The Morgan fingerprint density at radius 1 is 1.22 bits per heavy atom. The van der Waals surface area contributed by atoms with E-state index in [1.807, 2.05) is 18.9 Å². The summed E-state index contributed by atoms with van der Waals surface area (Å²) >= 11 is 0. The highest BCUT2D eigenvalue weighted by atomic mass is 19.1. The number of ether oxygens (including phenoxy) is 1. The topological polar surface area (TPSA) is 98.5 Å². The highest BCUT2D eigenvalue weighted by Crippen LogP contribution is 2.24. The van der Waals surface area contributed by atoms with E-state index in [9.17, 15) is 9.18 Å². The summed E-state index contributed by atoms with van der Waals surface area (Å²) in [7, 11) is 1.88. The summed E-state index contributed by atoms with van der Waals surface area (Å²) in [6, 6.07) is 0.459. The lowest BCUT2D eigenvalue weighted by Gasteiger charge is -2.49. The predicted molar refractivity (Wildman–Crippen MR) is 141 cm³/mol. The number of morpholine rings is 1. The molecule has 0 saturated carbocycles. The molecule has 206 valence electrons. The first-order valence-electron chi connectivity index (χ1n) is 14.0. The van der Waals surface area contributed by atoms with Crippen LogP contribution in [0.3, 0.4) is 0 Å². The molecule has 4 N–H and O–H groups in total. The second-order valence-electron chi connectivity index (χ2n) is 11.5. The zero-order valence-corrected chi connectivity index (χ0v) is 22.7. The standard InChI is InChI=1S/C26H48FN7O2/c1-17(2)21-6-5-19(27)14-32(4)18(3)24(25(28)30-21)26(35)31-22-13-29-8-7-23(22)34-10-9-33-11-12-36-16-20(33)15-34/h17-20,22-25,29H,5-16,28H2,1-4H3,(H,31,35). The molecule has 3 saturated heterocycles. The Hall–Kier alpha value is -1.17. The van der Waals surface area contributed by atoms with Crippen LogP contribution in [0.15, 0.2) is 4.99 Å². The summed E-state index contributed by atoms with van der Waals surface area (Å²) in [5, 5.41) is 6.84. The van der Waals surface area contributed by atoms with E-state index >= 15 is 0 Å². The third kappa shape index (κ3) is 6.63. The van der Waals surface area contributed by atoms with Gasteiger partial charge in [0.1, 0.15) is 12.3 Å². The molecule has 0 bridgehead atoms. The summed E-state index contributed by atoms with van der Waals surface area (Å²) in [4.78, 5) is 25.7. The number of amides is 1. The molecule has 0 aliphatic carbocycles. The van der Waals surface area contributed by atoms with Gasteiger partial charge in [0, 0.05) is 63.1 Å². The number of nitrogens with one attached hydrogen (secondary N) is 2. The van der Waals surface area contributed by atoms with Gasteiger partial charge in [0.05, 0.1) is 25.2 Å². The Kier molecular flexibility index (Phi) is 9.74. The first-order valence-corrected chi connectivity index (χ1v) is 14.0. The number of halogens is 1. The molecular formula is C26H48FN7O2. The summed E-state index contributed by atoms with van der Waals surface area (Å²) in [5.74, 6) is -0.461. The van der Waals surface area contributed by atoms with Gasteiger partial charge in [-0.15, -0.1) is 0 Å². The average Bonchev–Trinajstić information content (AvgIpc) is 2.86. The van der Waals surface area contributed by atoms with Gasteiger partial charge in [-0.3, -0.25) is 24.5 Å². The summed E-state index contributed by atoms with van der Waals surface area (Å²) in [6.45, 7) is 13.7. The van der Waals surface area contributed by atoms with Gasteiger partial charge in [-0.25, -0.2) is 4.39 Å². The molecule has 0 aromatic carbocycles. The van der Waals surface area contributed by atoms with Crippen molar-refractivity contribution in [2.45, 2.75) is 76.5 Å². The van der Waals surface area contributed by atoms with Crippen molar-refractivity contribution in [3.05, 3.63) is 0 Å². The van der Waals surface area contributed by atoms with E-state index in [0.29, 0.717) is 25.4 Å². The molecule has 4 aliphatic rings. The minimum atomic E-state index is -0.950. The van der Waals surface area contributed by atoms with Crippen molar-refractivity contribution in [3.8, 4) is 0 Å². The van der Waals surface area contributed by atoms with Crippen molar-refractivity contribution >= 4 is 11.6 Å². The van der Waals surface area contributed by atoms with E-state index in [1.54, 1.807) is 0 Å². The first-order chi connectivity index (χ1) is 17.2. The van der Waals surface area contributed by atoms with Crippen LogP contribution in [0.2, 0.25) is 0 Å². The van der Waals surface area contributed by atoms with Crippen molar-refractivity contribution < 1.29 is 13.9 Å². The monoisotopic (exact) mass is 509 g/mol. The normalized spacial score (nSPS) is 38.3. The molecule has 0 spiro atoms. The zero-order chi connectivity index (χ0) is 25.8. The molecule has 4 aliphatic heterocycles. The number of nitrogens with zero attached hydrogens (tertiary/aromatic N) is 4. The SMILES string of the molecule is CC(C)C1=NC(N)C(C(=O)NC2CNCCC2N2CCN3CCOCC3C2)C(C)N(C)CC(F)CC1. The van der Waals surface area contributed by atoms with Gasteiger partial charge in [0.15, 0.2) is 0 Å². The second kappa shape index (κ2) is 12.6. The molecule has 7 atom stereocenters. The van der Waals surface area contributed by atoms with Crippen LogP contribution in [0.4, 0.5) is 4.39 Å². The van der Waals surface area contributed by atoms with Gasteiger partial charge in [0.25, 0.3) is 0 Å². The number of piperidine rings is 1. The van der Waals surface area contributed by atoms with Crippen LogP contribution in [0.25, 0.3) is 0 Å².